The number of hydrogen-bond acceptors (Lipinski definition) is 4. The number of aliphatic imine (C=N–C) groups is 1. The Morgan fingerprint density at radius 3 is 2.61 bits per heavy atom. The molecule has 1 aliphatic rings. The number of hydrogen-bond donors (Lipinski definition) is 2. The van der Waals surface area contributed by atoms with Crippen LogP contribution < -0.4 is 10.6 Å². The molecule has 1 aromatic rings. The smallest absolute Gasteiger partial charge is 0.410 e. The van der Waals surface area contributed by atoms with Crippen molar-refractivity contribution in [2.45, 2.75) is 91.8 Å². The fourth-order valence-corrected chi connectivity index (χ4v) is 3.97. The maximum atomic E-state index is 12.7. The van der Waals surface area contributed by atoms with E-state index >= 15 is 0 Å². The molecule has 2 unspecified atom stereocenters. The third kappa shape index (κ3) is 7.43. The lowest BCUT2D eigenvalue weighted by Gasteiger charge is -2.36. The molecule has 176 valence electrons. The zero-order valence-corrected chi connectivity index (χ0v) is 20.7. The molecule has 0 spiro atoms. The summed E-state index contributed by atoms with van der Waals surface area (Å²) in [6.45, 7) is 16.2. The first-order valence-electron chi connectivity index (χ1n) is 11.5. The van der Waals surface area contributed by atoms with Gasteiger partial charge in [-0.3, -0.25) is 9.67 Å². The number of carbonyl (C=O) groups is 1. The summed E-state index contributed by atoms with van der Waals surface area (Å²) in [7, 11) is 1.98. The van der Waals surface area contributed by atoms with Crippen molar-refractivity contribution in [3.05, 3.63) is 17.0 Å². The molecule has 1 aliphatic heterocycles. The van der Waals surface area contributed by atoms with E-state index in [0.29, 0.717) is 6.54 Å². The Balaban J connectivity index is 2.03. The molecule has 0 radical (unpaired) electrons. The lowest BCUT2D eigenvalue weighted by molar-refractivity contribution is 0.0109. The average molecular weight is 435 g/mol. The molecule has 1 aromatic heterocycles. The number of guanidine groups is 1. The van der Waals surface area contributed by atoms with Gasteiger partial charge in [0.25, 0.3) is 0 Å². The highest BCUT2D eigenvalue weighted by Crippen LogP contribution is 2.21. The number of amides is 1. The first-order valence-corrected chi connectivity index (χ1v) is 11.5. The Hall–Kier alpha value is -2.25. The van der Waals surface area contributed by atoms with E-state index in [4.69, 9.17) is 9.73 Å². The number of piperidine rings is 1. The van der Waals surface area contributed by atoms with E-state index in [1.165, 1.54) is 11.3 Å². The number of likely N-dealkylation sites (tertiary alicyclic amines) is 1. The summed E-state index contributed by atoms with van der Waals surface area (Å²) in [5.74, 6) is 0.781. The van der Waals surface area contributed by atoms with Crippen LogP contribution in [-0.2, 0) is 18.2 Å². The Morgan fingerprint density at radius 1 is 1.32 bits per heavy atom. The van der Waals surface area contributed by atoms with Gasteiger partial charge < -0.3 is 20.3 Å². The third-order valence-electron chi connectivity index (χ3n) is 5.61. The molecule has 1 fully saturated rings. The van der Waals surface area contributed by atoms with Gasteiger partial charge in [0.05, 0.1) is 18.3 Å². The van der Waals surface area contributed by atoms with Gasteiger partial charge in [0.2, 0.25) is 0 Å². The molecule has 2 atom stereocenters. The van der Waals surface area contributed by atoms with E-state index in [1.807, 2.05) is 37.4 Å². The van der Waals surface area contributed by atoms with Crippen LogP contribution in [0.25, 0.3) is 0 Å². The molecule has 0 saturated carbocycles. The van der Waals surface area contributed by atoms with Crippen LogP contribution in [0.15, 0.2) is 4.99 Å². The van der Waals surface area contributed by atoms with Crippen molar-refractivity contribution in [2.24, 2.45) is 12.0 Å². The number of nitrogens with one attached hydrogen (secondary N) is 2. The summed E-state index contributed by atoms with van der Waals surface area (Å²) >= 11 is 0. The van der Waals surface area contributed by atoms with Gasteiger partial charge >= 0.3 is 6.09 Å². The molecule has 1 saturated heterocycles. The Bertz CT molecular complexity index is 765. The van der Waals surface area contributed by atoms with Crippen molar-refractivity contribution in [2.75, 3.05) is 19.6 Å². The lowest BCUT2D eigenvalue weighted by Crippen LogP contribution is -2.48. The van der Waals surface area contributed by atoms with E-state index in [2.05, 4.69) is 43.4 Å². The van der Waals surface area contributed by atoms with Crippen molar-refractivity contribution < 1.29 is 9.53 Å². The van der Waals surface area contributed by atoms with Crippen LogP contribution in [0.5, 0.6) is 0 Å². The average Bonchev–Trinajstić information content (AvgIpc) is 2.91. The number of aryl methyl sites for hydroxylation is 2. The van der Waals surface area contributed by atoms with Gasteiger partial charge in [0.1, 0.15) is 5.60 Å². The van der Waals surface area contributed by atoms with Crippen molar-refractivity contribution in [3.63, 3.8) is 0 Å². The monoisotopic (exact) mass is 434 g/mol. The van der Waals surface area contributed by atoms with Gasteiger partial charge in [-0.2, -0.15) is 5.10 Å². The fourth-order valence-electron chi connectivity index (χ4n) is 3.97. The normalized spacial score (nSPS) is 18.6. The maximum absolute atomic E-state index is 12.7. The summed E-state index contributed by atoms with van der Waals surface area (Å²) in [6.07, 6.45) is 3.72. The highest BCUT2D eigenvalue weighted by Gasteiger charge is 2.30. The largest absolute Gasteiger partial charge is 0.444 e. The lowest BCUT2D eigenvalue weighted by atomic mass is 10.0. The van der Waals surface area contributed by atoms with Crippen LogP contribution in [0, 0.1) is 13.8 Å². The van der Waals surface area contributed by atoms with Crippen LogP contribution in [0.4, 0.5) is 4.79 Å². The van der Waals surface area contributed by atoms with Gasteiger partial charge in [-0.05, 0) is 79.7 Å². The Kier molecular flexibility index (Phi) is 8.77. The summed E-state index contributed by atoms with van der Waals surface area (Å²) in [4.78, 5) is 19.3. The third-order valence-corrected chi connectivity index (χ3v) is 5.61. The number of nitrogens with zero attached hydrogens (tertiary/aromatic N) is 4. The number of rotatable bonds is 6. The first-order chi connectivity index (χ1) is 14.5. The molecule has 2 rings (SSSR count). The van der Waals surface area contributed by atoms with Gasteiger partial charge in [0, 0.05) is 31.9 Å². The molecular formula is C23H42N6O2. The maximum Gasteiger partial charge on any atom is 0.410 e. The summed E-state index contributed by atoms with van der Waals surface area (Å²) in [5.41, 5.74) is 3.06. The molecular weight excluding hydrogens is 392 g/mol. The zero-order valence-electron chi connectivity index (χ0n) is 20.7. The summed E-state index contributed by atoms with van der Waals surface area (Å²) < 4.78 is 7.55. The second-order valence-electron chi connectivity index (χ2n) is 9.57. The van der Waals surface area contributed by atoms with Crippen molar-refractivity contribution >= 4 is 12.1 Å². The highest BCUT2D eigenvalue weighted by molar-refractivity contribution is 5.80. The van der Waals surface area contributed by atoms with Crippen LogP contribution in [0.3, 0.4) is 0 Å². The second kappa shape index (κ2) is 10.9. The molecule has 8 nitrogen and oxygen atoms in total. The molecule has 0 bridgehead atoms. The van der Waals surface area contributed by atoms with E-state index in [-0.39, 0.29) is 18.2 Å². The number of aromatic nitrogens is 2. The predicted molar refractivity (Wildman–Crippen MR) is 126 cm³/mol. The van der Waals surface area contributed by atoms with Crippen molar-refractivity contribution in [1.29, 1.82) is 0 Å². The Labute approximate surface area is 187 Å². The van der Waals surface area contributed by atoms with Crippen molar-refractivity contribution in [1.82, 2.24) is 25.3 Å². The first kappa shape index (κ1) is 25.0. The van der Waals surface area contributed by atoms with Crippen molar-refractivity contribution in [3.8, 4) is 0 Å². The molecule has 2 heterocycles. The van der Waals surface area contributed by atoms with Crippen LogP contribution in [0.1, 0.15) is 70.8 Å². The minimum Gasteiger partial charge on any atom is -0.444 e. The number of carbonyl (C=O) groups excluding carboxylic acids is 1. The van der Waals surface area contributed by atoms with Crippen LogP contribution >= 0.6 is 0 Å². The fraction of sp³-hybridized carbons (Fsp3) is 0.783. The molecule has 1 amide bonds. The minimum absolute atomic E-state index is 0.0668. The summed E-state index contributed by atoms with van der Waals surface area (Å²) in [5, 5.41) is 11.4. The second-order valence-corrected chi connectivity index (χ2v) is 9.57. The Morgan fingerprint density at radius 2 is 2.03 bits per heavy atom. The summed E-state index contributed by atoms with van der Waals surface area (Å²) in [6, 6.07) is 0.268. The van der Waals surface area contributed by atoms with Crippen LogP contribution in [0.2, 0.25) is 0 Å². The molecule has 8 heteroatoms. The molecule has 0 aromatic carbocycles. The van der Waals surface area contributed by atoms with Gasteiger partial charge in [-0.15, -0.1) is 0 Å². The SMILES string of the molecule is CCNC(=NCC1CCCCN1C(=O)OC(C)(C)C)NC(C)Cc1c(C)nn(C)c1C. The van der Waals surface area contributed by atoms with Crippen LogP contribution in [-0.4, -0.2) is 64.1 Å². The quantitative estimate of drug-likeness (QED) is 0.530. The van der Waals surface area contributed by atoms with E-state index in [0.717, 1.165) is 50.4 Å². The van der Waals surface area contributed by atoms with Gasteiger partial charge in [0.15, 0.2) is 5.96 Å². The van der Waals surface area contributed by atoms with Gasteiger partial charge in [-0.1, -0.05) is 0 Å². The zero-order chi connectivity index (χ0) is 23.2. The molecule has 31 heavy (non-hydrogen) atoms. The van der Waals surface area contributed by atoms with E-state index < -0.39 is 5.60 Å². The predicted octanol–water partition coefficient (Wildman–Crippen LogP) is 3.31. The topological polar surface area (TPSA) is 83.8 Å². The molecule has 0 aliphatic carbocycles. The van der Waals surface area contributed by atoms with Gasteiger partial charge in [-0.25, -0.2) is 4.79 Å². The minimum atomic E-state index is -0.489. The molecule has 2 N–H and O–H groups in total. The highest BCUT2D eigenvalue weighted by atomic mass is 16.6. The van der Waals surface area contributed by atoms with E-state index in [9.17, 15) is 4.79 Å². The van der Waals surface area contributed by atoms with E-state index in [1.54, 1.807) is 0 Å². The standard InChI is InChI=1S/C23H42N6O2/c1-9-24-21(26-16(2)14-20-17(3)27-28(8)18(20)4)25-15-19-12-10-11-13-29(19)22(30)31-23(5,6)7/h16,19H,9-15H2,1-8H3,(H2,24,25,26). The number of ether oxygens (including phenoxy) is 1.